The molecule has 4 rings (SSSR count). The van der Waals surface area contributed by atoms with Gasteiger partial charge in [0.25, 0.3) is 5.56 Å². The monoisotopic (exact) mass is 703 g/mol. The van der Waals surface area contributed by atoms with Crippen LogP contribution in [0.1, 0.15) is 55.0 Å². The summed E-state index contributed by atoms with van der Waals surface area (Å²) in [6, 6.07) is 15.7. The maximum atomic E-state index is 13.5. The standard InChI is InChI=1S/C29H27BrIN3O5/c1-5-38-24-13-18(12-22(31)25(24)39-16-17-7-6-8-19(11-17)27(36)37)15-32-34-26(35)21-14-20(30)9-10-23(21)33-28(34)29(2,3)4/h6-15H,5,16H2,1-4H3,(H,36,37). The number of aromatic carboxylic acids is 1. The van der Waals surface area contributed by atoms with Gasteiger partial charge in [0, 0.05) is 9.89 Å². The van der Waals surface area contributed by atoms with Crippen molar-refractivity contribution >= 4 is 61.6 Å². The zero-order chi connectivity index (χ0) is 28.3. The first-order valence-corrected chi connectivity index (χ1v) is 14.0. The van der Waals surface area contributed by atoms with Crippen LogP contribution in [0.15, 0.2) is 69.0 Å². The lowest BCUT2D eigenvalue weighted by atomic mass is 9.95. The molecule has 4 aromatic rings. The molecule has 8 nitrogen and oxygen atoms in total. The largest absolute Gasteiger partial charge is 0.490 e. The number of aromatic nitrogens is 2. The topological polar surface area (TPSA) is 103 Å². The van der Waals surface area contributed by atoms with Crippen LogP contribution in [0.5, 0.6) is 11.5 Å². The van der Waals surface area contributed by atoms with Gasteiger partial charge in [-0.15, -0.1) is 0 Å². The summed E-state index contributed by atoms with van der Waals surface area (Å²) in [6.45, 7) is 8.42. The predicted octanol–water partition coefficient (Wildman–Crippen LogP) is 6.62. The van der Waals surface area contributed by atoms with Crippen LogP contribution in [0.3, 0.4) is 0 Å². The van der Waals surface area contributed by atoms with Crippen LogP contribution in [-0.2, 0) is 12.0 Å². The van der Waals surface area contributed by atoms with Crippen molar-refractivity contribution in [1.82, 2.24) is 9.66 Å². The van der Waals surface area contributed by atoms with Crippen molar-refractivity contribution in [3.05, 3.63) is 95.5 Å². The minimum absolute atomic E-state index is 0.174. The number of hydrogen-bond acceptors (Lipinski definition) is 6. The molecule has 0 bridgehead atoms. The van der Waals surface area contributed by atoms with E-state index in [0.29, 0.717) is 40.4 Å². The van der Waals surface area contributed by atoms with Crippen molar-refractivity contribution < 1.29 is 19.4 Å². The molecule has 1 aromatic heterocycles. The molecule has 3 aromatic carbocycles. The molecule has 202 valence electrons. The molecule has 10 heteroatoms. The lowest BCUT2D eigenvalue weighted by molar-refractivity contribution is 0.0696. The quantitative estimate of drug-likeness (QED) is 0.164. The van der Waals surface area contributed by atoms with Gasteiger partial charge in [-0.05, 0) is 83.1 Å². The Morgan fingerprint density at radius 3 is 2.62 bits per heavy atom. The molecule has 0 atom stereocenters. The third kappa shape index (κ3) is 6.67. The Morgan fingerprint density at radius 1 is 1.15 bits per heavy atom. The summed E-state index contributed by atoms with van der Waals surface area (Å²) < 4.78 is 14.8. The number of halogens is 2. The summed E-state index contributed by atoms with van der Waals surface area (Å²) in [4.78, 5) is 29.5. The average molecular weight is 704 g/mol. The van der Waals surface area contributed by atoms with Gasteiger partial charge < -0.3 is 14.6 Å². The molecule has 0 unspecified atom stereocenters. The summed E-state index contributed by atoms with van der Waals surface area (Å²) in [7, 11) is 0. The molecular weight excluding hydrogens is 677 g/mol. The first kappa shape index (κ1) is 28.8. The lowest BCUT2D eigenvalue weighted by Gasteiger charge is -2.21. The highest BCUT2D eigenvalue weighted by Crippen LogP contribution is 2.34. The molecule has 0 aliphatic heterocycles. The van der Waals surface area contributed by atoms with Gasteiger partial charge in [0.2, 0.25) is 0 Å². The number of nitrogens with zero attached hydrogens (tertiary/aromatic N) is 3. The van der Waals surface area contributed by atoms with E-state index in [1.165, 1.54) is 10.7 Å². The summed E-state index contributed by atoms with van der Waals surface area (Å²) in [5.74, 6) is 0.610. The Balaban J connectivity index is 1.71. The number of benzene rings is 3. The smallest absolute Gasteiger partial charge is 0.335 e. The van der Waals surface area contributed by atoms with Crippen LogP contribution < -0.4 is 15.0 Å². The van der Waals surface area contributed by atoms with E-state index in [1.54, 1.807) is 36.5 Å². The van der Waals surface area contributed by atoms with Crippen molar-refractivity contribution in [3.63, 3.8) is 0 Å². The number of carbonyl (C=O) groups is 1. The fourth-order valence-electron chi connectivity index (χ4n) is 3.88. The summed E-state index contributed by atoms with van der Waals surface area (Å²) in [5.41, 5.74) is 1.56. The van der Waals surface area contributed by atoms with E-state index < -0.39 is 11.4 Å². The minimum atomic E-state index is -0.993. The van der Waals surface area contributed by atoms with E-state index in [1.807, 2.05) is 45.9 Å². The number of hydrogen-bond donors (Lipinski definition) is 1. The van der Waals surface area contributed by atoms with E-state index in [0.717, 1.165) is 13.6 Å². The van der Waals surface area contributed by atoms with Crippen LogP contribution in [0, 0.1) is 3.57 Å². The number of carboxylic acids is 1. The highest BCUT2D eigenvalue weighted by atomic mass is 127. The van der Waals surface area contributed by atoms with Crippen molar-refractivity contribution in [2.24, 2.45) is 5.10 Å². The zero-order valence-corrected chi connectivity index (χ0v) is 25.6. The second kappa shape index (κ2) is 11.9. The molecule has 0 saturated heterocycles. The Morgan fingerprint density at radius 2 is 1.92 bits per heavy atom. The molecule has 0 spiro atoms. The van der Waals surface area contributed by atoms with Crippen LogP contribution in [-0.4, -0.2) is 33.6 Å². The van der Waals surface area contributed by atoms with Gasteiger partial charge in [-0.25, -0.2) is 9.78 Å². The Labute approximate surface area is 248 Å². The second-order valence-electron chi connectivity index (χ2n) is 9.77. The molecule has 0 radical (unpaired) electrons. The third-order valence-corrected chi connectivity index (χ3v) is 6.98. The first-order chi connectivity index (χ1) is 18.5. The summed E-state index contributed by atoms with van der Waals surface area (Å²) >= 11 is 5.59. The fourth-order valence-corrected chi connectivity index (χ4v) is 5.02. The maximum absolute atomic E-state index is 13.5. The van der Waals surface area contributed by atoms with Gasteiger partial charge in [-0.2, -0.15) is 9.78 Å². The molecule has 0 aliphatic rings. The van der Waals surface area contributed by atoms with Gasteiger partial charge in [0.05, 0.1) is 32.9 Å². The van der Waals surface area contributed by atoms with Gasteiger partial charge in [0.15, 0.2) is 11.5 Å². The van der Waals surface area contributed by atoms with Crippen molar-refractivity contribution in [1.29, 1.82) is 0 Å². The number of ether oxygens (including phenoxy) is 2. The van der Waals surface area contributed by atoms with Crippen molar-refractivity contribution in [2.45, 2.75) is 39.7 Å². The molecule has 0 fully saturated rings. The molecule has 0 amide bonds. The van der Waals surface area contributed by atoms with Crippen molar-refractivity contribution in [3.8, 4) is 11.5 Å². The summed E-state index contributed by atoms with van der Waals surface area (Å²) in [5, 5.41) is 14.3. The predicted molar refractivity (Wildman–Crippen MR) is 163 cm³/mol. The average Bonchev–Trinajstić information content (AvgIpc) is 2.87. The maximum Gasteiger partial charge on any atom is 0.335 e. The number of carboxylic acid groups (broad SMARTS) is 1. The van der Waals surface area contributed by atoms with E-state index in [4.69, 9.17) is 14.5 Å². The second-order valence-corrected chi connectivity index (χ2v) is 11.8. The Kier molecular flexibility index (Phi) is 8.75. The van der Waals surface area contributed by atoms with Crippen LogP contribution in [0.4, 0.5) is 0 Å². The molecule has 0 saturated carbocycles. The SMILES string of the molecule is CCOc1cc(C=Nn2c(C(C)(C)C)nc3ccc(Br)cc3c2=O)cc(I)c1OCc1cccc(C(=O)O)c1. The van der Waals surface area contributed by atoms with E-state index in [-0.39, 0.29) is 17.7 Å². The molecule has 1 N–H and O–H groups in total. The van der Waals surface area contributed by atoms with Gasteiger partial charge in [0.1, 0.15) is 12.4 Å². The molecular formula is C29H27BrIN3O5. The highest BCUT2D eigenvalue weighted by Gasteiger charge is 2.23. The van der Waals surface area contributed by atoms with Crippen LogP contribution in [0.2, 0.25) is 0 Å². The molecule has 39 heavy (non-hydrogen) atoms. The van der Waals surface area contributed by atoms with Gasteiger partial charge in [-0.1, -0.05) is 48.8 Å². The minimum Gasteiger partial charge on any atom is -0.490 e. The van der Waals surface area contributed by atoms with Crippen molar-refractivity contribution in [2.75, 3.05) is 6.61 Å². The van der Waals surface area contributed by atoms with Gasteiger partial charge in [-0.3, -0.25) is 4.79 Å². The lowest BCUT2D eigenvalue weighted by Crippen LogP contribution is -2.29. The normalized spacial score (nSPS) is 11.7. The van der Waals surface area contributed by atoms with Gasteiger partial charge >= 0.3 is 5.97 Å². The summed E-state index contributed by atoms with van der Waals surface area (Å²) in [6.07, 6.45) is 1.60. The Bertz CT molecular complexity index is 1640. The van der Waals surface area contributed by atoms with Crippen LogP contribution >= 0.6 is 38.5 Å². The van der Waals surface area contributed by atoms with E-state index >= 15 is 0 Å². The van der Waals surface area contributed by atoms with E-state index in [2.05, 4.69) is 43.6 Å². The third-order valence-electron chi connectivity index (χ3n) is 5.69. The molecule has 0 aliphatic carbocycles. The first-order valence-electron chi connectivity index (χ1n) is 12.2. The highest BCUT2D eigenvalue weighted by molar-refractivity contribution is 14.1. The fraction of sp³-hybridized carbons (Fsp3) is 0.241. The number of rotatable bonds is 8. The Hall–Kier alpha value is -3.25. The zero-order valence-electron chi connectivity index (χ0n) is 21.9. The van der Waals surface area contributed by atoms with Crippen LogP contribution in [0.25, 0.3) is 10.9 Å². The number of fused-ring (bicyclic) bond motifs is 1. The van der Waals surface area contributed by atoms with E-state index in [9.17, 15) is 14.7 Å². The molecule has 1 heterocycles.